The zero-order valence-electron chi connectivity index (χ0n) is 5.97. The van der Waals surface area contributed by atoms with Crippen LogP contribution < -0.4 is 4.72 Å². The Bertz CT molecular complexity index is 108. The molecule has 0 amide bonds. The molecule has 0 fully saturated rings. The van der Waals surface area contributed by atoms with Crippen LogP contribution in [0.3, 0.4) is 0 Å². The molecule has 0 aromatic rings. The van der Waals surface area contributed by atoms with Crippen LogP contribution in [-0.4, -0.2) is 15.3 Å². The summed E-state index contributed by atoms with van der Waals surface area (Å²) in [6.07, 6.45) is 0. The van der Waals surface area contributed by atoms with Gasteiger partial charge in [-0.3, -0.25) is 4.55 Å². The maximum Gasteiger partial charge on any atom is 0.231 e. The number of hydrogen-bond donors (Lipinski definition) is 2. The third-order valence-electron chi connectivity index (χ3n) is 0.726. The van der Waals surface area contributed by atoms with Crippen LogP contribution in [0.25, 0.3) is 0 Å². The summed E-state index contributed by atoms with van der Waals surface area (Å²) < 4.78 is 20.7. The quantitative estimate of drug-likeness (QED) is 0.572. The average Bonchev–Trinajstić information content (AvgIpc) is 1.59. The zero-order valence-corrected chi connectivity index (χ0v) is 6.79. The van der Waals surface area contributed by atoms with Crippen molar-refractivity contribution >= 4 is 11.3 Å². The monoisotopic (exact) mass is 151 g/mol. The highest BCUT2D eigenvalue weighted by atomic mass is 32.2. The smallest absolute Gasteiger partial charge is 0.231 e. The van der Waals surface area contributed by atoms with Gasteiger partial charge in [-0.2, -0.15) is 0 Å². The SMILES string of the molecule is CC(C)(C)CNS(=O)O. The van der Waals surface area contributed by atoms with Crippen LogP contribution in [0.5, 0.6) is 0 Å². The van der Waals surface area contributed by atoms with Gasteiger partial charge in [-0.25, -0.2) is 8.93 Å². The van der Waals surface area contributed by atoms with Crippen molar-refractivity contribution < 1.29 is 8.76 Å². The minimum absolute atomic E-state index is 0.0678. The van der Waals surface area contributed by atoms with Gasteiger partial charge in [0, 0.05) is 6.54 Å². The standard InChI is InChI=1S/C5H13NO2S/c1-5(2,3)4-6-9(7)8/h6H,4H2,1-3H3,(H,7,8). The van der Waals surface area contributed by atoms with Crippen molar-refractivity contribution in [2.75, 3.05) is 6.54 Å². The molecular formula is C5H13NO2S. The van der Waals surface area contributed by atoms with Gasteiger partial charge in [0.05, 0.1) is 0 Å². The normalized spacial score (nSPS) is 15.6. The van der Waals surface area contributed by atoms with Gasteiger partial charge in [-0.1, -0.05) is 20.8 Å². The molecule has 0 radical (unpaired) electrons. The van der Waals surface area contributed by atoms with Crippen molar-refractivity contribution in [3.63, 3.8) is 0 Å². The highest BCUT2D eigenvalue weighted by Gasteiger charge is 2.09. The summed E-state index contributed by atoms with van der Waals surface area (Å²) in [5.74, 6) is 0. The van der Waals surface area contributed by atoms with Gasteiger partial charge in [0.15, 0.2) is 0 Å². The summed E-state index contributed by atoms with van der Waals surface area (Å²) in [6, 6.07) is 0. The summed E-state index contributed by atoms with van der Waals surface area (Å²) in [7, 11) is 0. The molecule has 0 bridgehead atoms. The Morgan fingerprint density at radius 3 is 2.11 bits per heavy atom. The lowest BCUT2D eigenvalue weighted by Crippen LogP contribution is -2.27. The van der Waals surface area contributed by atoms with Gasteiger partial charge in [-0.05, 0) is 5.41 Å². The van der Waals surface area contributed by atoms with E-state index < -0.39 is 11.3 Å². The lowest BCUT2D eigenvalue weighted by Gasteiger charge is -2.16. The Morgan fingerprint density at radius 2 is 2.00 bits per heavy atom. The van der Waals surface area contributed by atoms with E-state index in [2.05, 4.69) is 4.72 Å². The van der Waals surface area contributed by atoms with Crippen LogP contribution in [0, 0.1) is 5.41 Å². The van der Waals surface area contributed by atoms with Crippen LogP contribution in [0.1, 0.15) is 20.8 Å². The Balaban J connectivity index is 3.39. The minimum atomic E-state index is -1.86. The molecule has 0 saturated carbocycles. The van der Waals surface area contributed by atoms with E-state index in [1.165, 1.54) is 0 Å². The predicted molar refractivity (Wildman–Crippen MR) is 38.2 cm³/mol. The molecule has 2 N–H and O–H groups in total. The third-order valence-corrected chi connectivity index (χ3v) is 1.12. The topological polar surface area (TPSA) is 49.3 Å². The molecule has 1 unspecified atom stereocenters. The summed E-state index contributed by atoms with van der Waals surface area (Å²) in [6.45, 7) is 6.53. The van der Waals surface area contributed by atoms with Gasteiger partial charge >= 0.3 is 0 Å². The van der Waals surface area contributed by atoms with E-state index in [9.17, 15) is 4.21 Å². The molecular weight excluding hydrogens is 138 g/mol. The number of nitrogens with one attached hydrogen (secondary N) is 1. The van der Waals surface area contributed by atoms with E-state index >= 15 is 0 Å². The molecule has 0 spiro atoms. The predicted octanol–water partition coefficient (Wildman–Crippen LogP) is 0.759. The molecule has 0 aromatic carbocycles. The molecule has 0 aliphatic carbocycles. The second kappa shape index (κ2) is 3.29. The Labute approximate surface area is 58.3 Å². The van der Waals surface area contributed by atoms with Gasteiger partial charge in [0.1, 0.15) is 0 Å². The van der Waals surface area contributed by atoms with E-state index in [1.807, 2.05) is 20.8 Å². The van der Waals surface area contributed by atoms with Gasteiger partial charge in [-0.15, -0.1) is 0 Å². The lowest BCUT2D eigenvalue weighted by atomic mass is 9.98. The summed E-state index contributed by atoms with van der Waals surface area (Å²) in [4.78, 5) is 0. The fourth-order valence-electron chi connectivity index (χ4n) is 0.278. The van der Waals surface area contributed by atoms with Crippen LogP contribution in [0.15, 0.2) is 0 Å². The molecule has 3 nitrogen and oxygen atoms in total. The summed E-state index contributed by atoms with van der Waals surface area (Å²) >= 11 is -1.86. The molecule has 0 aromatic heterocycles. The maximum absolute atomic E-state index is 10.0. The van der Waals surface area contributed by atoms with E-state index in [0.29, 0.717) is 6.54 Å². The lowest BCUT2D eigenvalue weighted by molar-refractivity contribution is 0.405. The Morgan fingerprint density at radius 1 is 1.56 bits per heavy atom. The molecule has 0 aliphatic rings. The van der Waals surface area contributed by atoms with E-state index in [4.69, 9.17) is 4.55 Å². The first-order chi connectivity index (χ1) is 3.92. The van der Waals surface area contributed by atoms with E-state index in [1.54, 1.807) is 0 Å². The van der Waals surface area contributed by atoms with Crippen molar-refractivity contribution in [2.45, 2.75) is 20.8 Å². The van der Waals surface area contributed by atoms with Crippen molar-refractivity contribution in [1.82, 2.24) is 4.72 Å². The highest BCUT2D eigenvalue weighted by molar-refractivity contribution is 7.77. The van der Waals surface area contributed by atoms with Crippen LogP contribution >= 0.6 is 0 Å². The summed E-state index contributed by atoms with van der Waals surface area (Å²) in [5, 5.41) is 0. The Kier molecular flexibility index (Phi) is 3.32. The largest absolute Gasteiger partial charge is 0.294 e. The first-order valence-corrected chi connectivity index (χ1v) is 3.87. The maximum atomic E-state index is 10.0. The number of rotatable bonds is 2. The second-order valence-electron chi connectivity index (χ2n) is 3.13. The molecule has 0 heterocycles. The molecule has 0 rings (SSSR count). The van der Waals surface area contributed by atoms with Crippen LogP contribution in [0.4, 0.5) is 0 Å². The highest BCUT2D eigenvalue weighted by Crippen LogP contribution is 2.09. The first kappa shape index (κ1) is 9.07. The van der Waals surface area contributed by atoms with Gasteiger partial charge < -0.3 is 0 Å². The van der Waals surface area contributed by atoms with Crippen molar-refractivity contribution in [2.24, 2.45) is 5.41 Å². The van der Waals surface area contributed by atoms with Gasteiger partial charge in [0.2, 0.25) is 11.3 Å². The van der Waals surface area contributed by atoms with Crippen molar-refractivity contribution in [1.29, 1.82) is 0 Å². The van der Waals surface area contributed by atoms with Crippen molar-refractivity contribution in [3.05, 3.63) is 0 Å². The fourth-order valence-corrected chi connectivity index (χ4v) is 0.835. The van der Waals surface area contributed by atoms with E-state index in [-0.39, 0.29) is 5.41 Å². The molecule has 56 valence electrons. The minimum Gasteiger partial charge on any atom is -0.294 e. The summed E-state index contributed by atoms with van der Waals surface area (Å²) in [5.41, 5.74) is 0.0678. The van der Waals surface area contributed by atoms with Crippen LogP contribution in [0.2, 0.25) is 0 Å². The molecule has 1 atom stereocenters. The second-order valence-corrected chi connectivity index (χ2v) is 3.92. The molecule has 0 aliphatic heterocycles. The average molecular weight is 151 g/mol. The first-order valence-electron chi connectivity index (χ1n) is 2.76. The zero-order chi connectivity index (χ0) is 7.49. The fraction of sp³-hybridized carbons (Fsp3) is 1.00. The molecule has 9 heavy (non-hydrogen) atoms. The van der Waals surface area contributed by atoms with Gasteiger partial charge in [0.25, 0.3) is 0 Å². The Hall–Kier alpha value is 0.0700. The van der Waals surface area contributed by atoms with Crippen LogP contribution in [-0.2, 0) is 11.3 Å². The third kappa shape index (κ3) is 8.07. The number of hydrogen-bond acceptors (Lipinski definition) is 1. The van der Waals surface area contributed by atoms with Crippen molar-refractivity contribution in [3.8, 4) is 0 Å². The molecule has 4 heteroatoms. The molecule has 0 saturated heterocycles. The van der Waals surface area contributed by atoms with E-state index in [0.717, 1.165) is 0 Å².